The number of aryl methyl sites for hydroxylation is 2. The number of carbonyl (C=O) groups excluding carboxylic acids is 1. The lowest BCUT2D eigenvalue weighted by molar-refractivity contribution is 0.0999. The van der Waals surface area contributed by atoms with E-state index in [9.17, 15) is 9.59 Å². The Balaban J connectivity index is 1.33. The van der Waals surface area contributed by atoms with Gasteiger partial charge in [-0.25, -0.2) is 9.97 Å². The molecule has 0 aliphatic carbocycles. The summed E-state index contributed by atoms with van der Waals surface area (Å²) in [6.07, 6.45) is 4.21. The minimum Gasteiger partial charge on any atom is -0.388 e. The number of nitrogens with one attached hydrogen (secondary N) is 1. The lowest BCUT2D eigenvalue weighted by atomic mass is 10.1. The summed E-state index contributed by atoms with van der Waals surface area (Å²) in [7, 11) is 3.82. The van der Waals surface area contributed by atoms with Crippen molar-refractivity contribution >= 4 is 28.4 Å². The number of nitrogens with zero attached hydrogens (tertiary/aromatic N) is 6. The van der Waals surface area contributed by atoms with Gasteiger partial charge >= 0.3 is 0 Å². The molecule has 0 saturated carbocycles. The number of nitrogens with two attached hydrogens (primary N) is 1. The molecule has 4 aromatic heterocycles. The average Bonchev–Trinajstić information content (AvgIpc) is 3.23. The Morgan fingerprint density at radius 1 is 1.11 bits per heavy atom. The molecular formula is C27H32N8O2. The molecule has 1 saturated heterocycles. The van der Waals surface area contributed by atoms with Gasteiger partial charge in [0.2, 0.25) is 0 Å². The molecule has 5 rings (SSSR count). The highest BCUT2D eigenvalue weighted by Crippen LogP contribution is 2.25. The molecular weight excluding hydrogens is 468 g/mol. The first-order chi connectivity index (χ1) is 17.9. The fourth-order valence-corrected chi connectivity index (χ4v) is 4.98. The number of piperazine rings is 1. The van der Waals surface area contributed by atoms with Crippen LogP contribution in [0.4, 0.5) is 11.5 Å². The molecule has 1 amide bonds. The summed E-state index contributed by atoms with van der Waals surface area (Å²) in [5.74, 6) is 0.447. The SMILES string of the molecule is CCc1nc(N2CCN(Cc3cc4c(-n5ccc(NC)cc5=O)ccnc4n3C)CC2)ccc1C(N)=O. The molecule has 0 bridgehead atoms. The van der Waals surface area contributed by atoms with Crippen LogP contribution in [0.3, 0.4) is 0 Å². The van der Waals surface area contributed by atoms with Gasteiger partial charge in [-0.3, -0.25) is 19.1 Å². The van der Waals surface area contributed by atoms with Crippen molar-refractivity contribution in [3.8, 4) is 5.69 Å². The Labute approximate surface area is 215 Å². The monoisotopic (exact) mass is 500 g/mol. The van der Waals surface area contributed by atoms with Crippen LogP contribution in [0.1, 0.15) is 28.7 Å². The maximum atomic E-state index is 12.7. The molecule has 192 valence electrons. The number of hydrogen-bond acceptors (Lipinski definition) is 7. The van der Waals surface area contributed by atoms with Crippen LogP contribution in [0.25, 0.3) is 16.7 Å². The Bertz CT molecular complexity index is 1510. The fraction of sp³-hybridized carbons (Fsp3) is 0.333. The molecule has 3 N–H and O–H groups in total. The van der Waals surface area contributed by atoms with Crippen LogP contribution in [0.2, 0.25) is 0 Å². The van der Waals surface area contributed by atoms with E-state index in [1.165, 1.54) is 0 Å². The Morgan fingerprint density at radius 2 is 1.89 bits per heavy atom. The molecule has 4 aromatic rings. The van der Waals surface area contributed by atoms with Gasteiger partial charge in [-0.2, -0.15) is 0 Å². The highest BCUT2D eigenvalue weighted by molar-refractivity contribution is 5.94. The van der Waals surface area contributed by atoms with Gasteiger partial charge in [0, 0.05) is 82.0 Å². The molecule has 5 heterocycles. The van der Waals surface area contributed by atoms with Crippen LogP contribution in [0.5, 0.6) is 0 Å². The van der Waals surface area contributed by atoms with Crippen molar-refractivity contribution in [2.45, 2.75) is 19.9 Å². The van der Waals surface area contributed by atoms with Crippen molar-refractivity contribution < 1.29 is 4.79 Å². The molecule has 1 aliphatic heterocycles. The summed E-state index contributed by atoms with van der Waals surface area (Å²) < 4.78 is 3.77. The number of carbonyl (C=O) groups is 1. The van der Waals surface area contributed by atoms with E-state index in [-0.39, 0.29) is 5.56 Å². The predicted molar refractivity (Wildman–Crippen MR) is 145 cm³/mol. The van der Waals surface area contributed by atoms with Gasteiger partial charge in [-0.15, -0.1) is 0 Å². The van der Waals surface area contributed by atoms with Crippen LogP contribution >= 0.6 is 0 Å². The van der Waals surface area contributed by atoms with Crippen molar-refractivity contribution in [1.82, 2.24) is 24.0 Å². The number of primary amides is 1. The van der Waals surface area contributed by atoms with Crippen LogP contribution in [0, 0.1) is 0 Å². The lowest BCUT2D eigenvalue weighted by Gasteiger charge is -2.35. The average molecular weight is 501 g/mol. The number of pyridine rings is 3. The minimum absolute atomic E-state index is 0.0930. The largest absolute Gasteiger partial charge is 0.388 e. The molecule has 0 radical (unpaired) electrons. The molecule has 1 fully saturated rings. The minimum atomic E-state index is -0.437. The first kappa shape index (κ1) is 24.5. The zero-order valence-electron chi connectivity index (χ0n) is 21.4. The first-order valence-corrected chi connectivity index (χ1v) is 12.5. The molecule has 1 aliphatic rings. The molecule has 0 spiro atoms. The summed E-state index contributed by atoms with van der Waals surface area (Å²) in [6, 6.07) is 11.2. The van der Waals surface area contributed by atoms with E-state index in [2.05, 4.69) is 30.7 Å². The Hall–Kier alpha value is -4.18. The van der Waals surface area contributed by atoms with E-state index >= 15 is 0 Å². The second kappa shape index (κ2) is 10.1. The van der Waals surface area contributed by atoms with Crippen LogP contribution in [-0.4, -0.2) is 63.1 Å². The third-order valence-corrected chi connectivity index (χ3v) is 7.12. The standard InChI is InChI=1S/C27H32N8O2/c1-4-22-20(26(28)37)5-6-24(31-22)34-13-11-33(12-14-34)17-19-16-21-23(7-9-30-27(21)32(19)3)35-10-8-18(29-2)15-25(35)36/h5-10,15-16,29H,4,11-14,17H2,1-3H3,(H2,28,37). The number of fused-ring (bicyclic) bond motifs is 1. The molecule has 10 nitrogen and oxygen atoms in total. The van der Waals surface area contributed by atoms with Crippen molar-refractivity contribution in [1.29, 1.82) is 0 Å². The van der Waals surface area contributed by atoms with E-state index in [1.807, 2.05) is 32.2 Å². The van der Waals surface area contributed by atoms with Crippen molar-refractivity contribution in [2.75, 3.05) is 43.4 Å². The third kappa shape index (κ3) is 4.67. The Kier molecular flexibility index (Phi) is 6.66. The maximum Gasteiger partial charge on any atom is 0.257 e. The second-order valence-corrected chi connectivity index (χ2v) is 9.28. The van der Waals surface area contributed by atoms with Crippen molar-refractivity contribution in [2.24, 2.45) is 12.8 Å². The van der Waals surface area contributed by atoms with Gasteiger partial charge in [0.25, 0.3) is 11.5 Å². The number of anilines is 2. The van der Waals surface area contributed by atoms with Gasteiger partial charge in [-0.1, -0.05) is 6.92 Å². The van der Waals surface area contributed by atoms with E-state index in [1.54, 1.807) is 36.1 Å². The summed E-state index contributed by atoms with van der Waals surface area (Å²) in [6.45, 7) is 6.21. The fourth-order valence-electron chi connectivity index (χ4n) is 4.98. The molecule has 0 atom stereocenters. The smallest absolute Gasteiger partial charge is 0.257 e. The third-order valence-electron chi connectivity index (χ3n) is 7.12. The van der Waals surface area contributed by atoms with Gasteiger partial charge in [0.05, 0.1) is 16.9 Å². The van der Waals surface area contributed by atoms with Crippen LogP contribution in [-0.2, 0) is 20.0 Å². The normalized spacial score (nSPS) is 14.3. The van der Waals surface area contributed by atoms with E-state index in [4.69, 9.17) is 10.7 Å². The quantitative estimate of drug-likeness (QED) is 0.400. The van der Waals surface area contributed by atoms with Crippen molar-refractivity contribution in [3.63, 3.8) is 0 Å². The molecule has 10 heteroatoms. The van der Waals surface area contributed by atoms with Gasteiger partial charge in [0.1, 0.15) is 11.5 Å². The zero-order chi connectivity index (χ0) is 26.1. The first-order valence-electron chi connectivity index (χ1n) is 12.5. The summed E-state index contributed by atoms with van der Waals surface area (Å²) >= 11 is 0. The second-order valence-electron chi connectivity index (χ2n) is 9.28. The summed E-state index contributed by atoms with van der Waals surface area (Å²) in [5, 5.41) is 3.96. The number of rotatable bonds is 7. The summed E-state index contributed by atoms with van der Waals surface area (Å²) in [5.41, 5.74) is 10.2. The zero-order valence-corrected chi connectivity index (χ0v) is 21.4. The van der Waals surface area contributed by atoms with Gasteiger partial charge in [0.15, 0.2) is 0 Å². The van der Waals surface area contributed by atoms with E-state index in [0.717, 1.165) is 72.3 Å². The van der Waals surface area contributed by atoms with Crippen molar-refractivity contribution in [3.05, 3.63) is 76.1 Å². The van der Waals surface area contributed by atoms with E-state index < -0.39 is 5.91 Å². The van der Waals surface area contributed by atoms with E-state index in [0.29, 0.717) is 12.0 Å². The highest BCUT2D eigenvalue weighted by atomic mass is 16.1. The molecule has 0 unspecified atom stereocenters. The topological polar surface area (TPSA) is 114 Å². The van der Waals surface area contributed by atoms with Crippen LogP contribution in [0.15, 0.2) is 53.6 Å². The molecule has 0 aromatic carbocycles. The molecule has 37 heavy (non-hydrogen) atoms. The number of hydrogen-bond donors (Lipinski definition) is 2. The predicted octanol–water partition coefficient (Wildman–Crippen LogP) is 2.14. The maximum absolute atomic E-state index is 12.7. The van der Waals surface area contributed by atoms with Gasteiger partial charge < -0.3 is 20.5 Å². The number of amides is 1. The Morgan fingerprint density at radius 3 is 2.57 bits per heavy atom. The lowest BCUT2D eigenvalue weighted by Crippen LogP contribution is -2.46. The number of aromatic nitrogens is 4. The summed E-state index contributed by atoms with van der Waals surface area (Å²) in [4.78, 5) is 38.4. The highest BCUT2D eigenvalue weighted by Gasteiger charge is 2.21. The van der Waals surface area contributed by atoms with Gasteiger partial charge in [-0.05, 0) is 36.8 Å². The van der Waals surface area contributed by atoms with Crippen LogP contribution < -0.4 is 21.5 Å².